The van der Waals surface area contributed by atoms with Crippen molar-refractivity contribution in [2.45, 2.75) is 18.0 Å². The monoisotopic (exact) mass is 310 g/mol. The Labute approximate surface area is 124 Å². The molecule has 0 saturated carbocycles. The first kappa shape index (κ1) is 15.2. The van der Waals surface area contributed by atoms with Crippen LogP contribution in [-0.4, -0.2) is 26.8 Å². The summed E-state index contributed by atoms with van der Waals surface area (Å²) in [6, 6.07) is 11.3. The highest BCUT2D eigenvalue weighted by Crippen LogP contribution is 2.25. The average molecular weight is 310 g/mol. The normalized spacial score (nSPS) is 11.9. The molecule has 1 aromatic carbocycles. The molecule has 2 rings (SSSR count). The van der Waals surface area contributed by atoms with Gasteiger partial charge in [0.15, 0.2) is 0 Å². The fraction of sp³-hybridized carbons (Fsp3) is 0.286. The Kier molecular flexibility index (Phi) is 4.93. The van der Waals surface area contributed by atoms with E-state index in [2.05, 4.69) is 5.32 Å². The molecule has 1 aromatic heterocycles. The summed E-state index contributed by atoms with van der Waals surface area (Å²) in [6.45, 7) is 0.934. The van der Waals surface area contributed by atoms with E-state index in [1.807, 2.05) is 42.8 Å². The molecule has 0 saturated heterocycles. The molecule has 6 heteroatoms. The lowest BCUT2D eigenvalue weighted by Gasteiger charge is -2.17. The molecule has 0 atom stereocenters. The largest absolute Gasteiger partial charge is 0.315 e. The van der Waals surface area contributed by atoms with E-state index >= 15 is 0 Å². The van der Waals surface area contributed by atoms with E-state index in [0.717, 1.165) is 10.4 Å². The van der Waals surface area contributed by atoms with Gasteiger partial charge in [-0.1, -0.05) is 30.3 Å². The van der Waals surface area contributed by atoms with Gasteiger partial charge in [0.1, 0.15) is 0 Å². The van der Waals surface area contributed by atoms with Crippen molar-refractivity contribution in [3.05, 3.63) is 52.2 Å². The first-order chi connectivity index (χ1) is 9.55. The molecule has 0 amide bonds. The number of rotatable bonds is 6. The highest BCUT2D eigenvalue weighted by Gasteiger charge is 2.24. The molecule has 2 aromatic rings. The van der Waals surface area contributed by atoms with E-state index in [-0.39, 0.29) is 0 Å². The van der Waals surface area contributed by atoms with Crippen molar-refractivity contribution in [3.8, 4) is 0 Å². The molecule has 0 fully saturated rings. The van der Waals surface area contributed by atoms with Crippen LogP contribution < -0.4 is 5.32 Å². The summed E-state index contributed by atoms with van der Waals surface area (Å²) in [4.78, 5) is 1.24. The van der Waals surface area contributed by atoms with Crippen molar-refractivity contribution in [1.29, 1.82) is 0 Å². The summed E-state index contributed by atoms with van der Waals surface area (Å²) in [6.07, 6.45) is 0. The maximum absolute atomic E-state index is 12.6. The maximum Gasteiger partial charge on any atom is 0.244 e. The van der Waals surface area contributed by atoms with Crippen LogP contribution in [0.3, 0.4) is 0 Å². The standard InChI is InChI=1S/C14H18N2O2S2/c1-15-10-13-14(8-9-19-13)20(17,18)16(2)11-12-6-4-3-5-7-12/h3-9,15H,10-11H2,1-2H3. The summed E-state index contributed by atoms with van der Waals surface area (Å²) < 4.78 is 26.6. The van der Waals surface area contributed by atoms with Crippen LogP contribution in [0.4, 0.5) is 0 Å². The summed E-state index contributed by atoms with van der Waals surface area (Å²) in [5.74, 6) is 0. The molecule has 0 unspecified atom stereocenters. The Balaban J connectivity index is 2.23. The minimum atomic E-state index is -3.44. The fourth-order valence-corrected chi connectivity index (χ4v) is 4.52. The molecule has 1 heterocycles. The zero-order valence-electron chi connectivity index (χ0n) is 11.5. The van der Waals surface area contributed by atoms with E-state index in [4.69, 9.17) is 0 Å². The van der Waals surface area contributed by atoms with Crippen molar-refractivity contribution in [3.63, 3.8) is 0 Å². The third-order valence-electron chi connectivity index (χ3n) is 2.98. The van der Waals surface area contributed by atoms with E-state index in [9.17, 15) is 8.42 Å². The average Bonchev–Trinajstić information content (AvgIpc) is 2.89. The van der Waals surface area contributed by atoms with Gasteiger partial charge in [0.25, 0.3) is 0 Å². The second-order valence-corrected chi connectivity index (χ2v) is 7.50. The highest BCUT2D eigenvalue weighted by atomic mass is 32.2. The lowest BCUT2D eigenvalue weighted by molar-refractivity contribution is 0.466. The number of hydrogen-bond donors (Lipinski definition) is 1. The lowest BCUT2D eigenvalue weighted by Crippen LogP contribution is -2.27. The number of nitrogens with zero attached hydrogens (tertiary/aromatic N) is 1. The number of benzene rings is 1. The Hall–Kier alpha value is -1.21. The molecule has 108 valence electrons. The summed E-state index contributed by atoms with van der Waals surface area (Å²) in [5, 5.41) is 4.81. The highest BCUT2D eigenvalue weighted by molar-refractivity contribution is 7.89. The Morgan fingerprint density at radius 3 is 2.55 bits per heavy atom. The zero-order valence-corrected chi connectivity index (χ0v) is 13.2. The van der Waals surface area contributed by atoms with Gasteiger partial charge in [-0.05, 0) is 24.1 Å². The topological polar surface area (TPSA) is 49.4 Å². The predicted molar refractivity (Wildman–Crippen MR) is 82.2 cm³/mol. The number of nitrogens with one attached hydrogen (secondary N) is 1. The molecule has 4 nitrogen and oxygen atoms in total. The summed E-state index contributed by atoms with van der Waals surface area (Å²) >= 11 is 1.46. The van der Waals surface area contributed by atoms with Gasteiger partial charge in [-0.25, -0.2) is 8.42 Å². The second-order valence-electron chi connectivity index (χ2n) is 4.49. The molecule has 1 N–H and O–H groups in total. The lowest BCUT2D eigenvalue weighted by atomic mass is 10.2. The van der Waals surface area contributed by atoms with E-state index in [0.29, 0.717) is 18.0 Å². The van der Waals surface area contributed by atoms with Gasteiger partial charge in [-0.2, -0.15) is 4.31 Å². The molecule has 0 radical (unpaired) electrons. The van der Waals surface area contributed by atoms with Crippen LogP contribution in [0.15, 0.2) is 46.7 Å². The molecule has 20 heavy (non-hydrogen) atoms. The Bertz CT molecular complexity index is 651. The van der Waals surface area contributed by atoms with Gasteiger partial charge in [0.05, 0.1) is 4.90 Å². The van der Waals surface area contributed by atoms with Crippen LogP contribution in [0.2, 0.25) is 0 Å². The van der Waals surface area contributed by atoms with Crippen LogP contribution in [0.5, 0.6) is 0 Å². The quantitative estimate of drug-likeness (QED) is 0.890. The molecule has 0 aliphatic carbocycles. The minimum Gasteiger partial charge on any atom is -0.315 e. The number of sulfonamides is 1. The van der Waals surface area contributed by atoms with Gasteiger partial charge >= 0.3 is 0 Å². The zero-order chi connectivity index (χ0) is 14.6. The smallest absolute Gasteiger partial charge is 0.244 e. The predicted octanol–water partition coefficient (Wildman–Crippen LogP) is 2.29. The summed E-state index contributed by atoms with van der Waals surface area (Å²) in [5.41, 5.74) is 0.976. The van der Waals surface area contributed by atoms with Crippen molar-refractivity contribution in [2.24, 2.45) is 0 Å². The van der Waals surface area contributed by atoms with Crippen LogP contribution in [0.25, 0.3) is 0 Å². The SMILES string of the molecule is CNCc1sccc1S(=O)(=O)N(C)Cc1ccccc1. The molecule has 0 spiro atoms. The molecule has 0 aliphatic rings. The number of hydrogen-bond acceptors (Lipinski definition) is 4. The maximum atomic E-state index is 12.6. The van der Waals surface area contributed by atoms with E-state index < -0.39 is 10.0 Å². The molecule has 0 bridgehead atoms. The van der Waals surface area contributed by atoms with Crippen molar-refractivity contribution in [2.75, 3.05) is 14.1 Å². The van der Waals surface area contributed by atoms with Crippen LogP contribution in [0, 0.1) is 0 Å². The second kappa shape index (κ2) is 6.49. The number of thiophene rings is 1. The Morgan fingerprint density at radius 1 is 1.20 bits per heavy atom. The van der Waals surface area contributed by atoms with Gasteiger partial charge in [0.2, 0.25) is 10.0 Å². The first-order valence-electron chi connectivity index (χ1n) is 6.27. The minimum absolute atomic E-state index is 0.373. The van der Waals surface area contributed by atoms with Gasteiger partial charge < -0.3 is 5.32 Å². The van der Waals surface area contributed by atoms with Crippen LogP contribution in [-0.2, 0) is 23.1 Å². The third kappa shape index (κ3) is 3.27. The van der Waals surface area contributed by atoms with E-state index in [1.54, 1.807) is 13.1 Å². The molecule has 0 aliphatic heterocycles. The van der Waals surface area contributed by atoms with Gasteiger partial charge in [0, 0.05) is 25.0 Å². The van der Waals surface area contributed by atoms with Crippen LogP contribution in [0.1, 0.15) is 10.4 Å². The van der Waals surface area contributed by atoms with Crippen molar-refractivity contribution < 1.29 is 8.42 Å². The van der Waals surface area contributed by atoms with Gasteiger partial charge in [-0.3, -0.25) is 0 Å². The third-order valence-corrected chi connectivity index (χ3v) is 5.92. The van der Waals surface area contributed by atoms with Crippen LogP contribution >= 0.6 is 11.3 Å². The van der Waals surface area contributed by atoms with E-state index in [1.165, 1.54) is 15.6 Å². The fourth-order valence-electron chi connectivity index (χ4n) is 1.94. The van der Waals surface area contributed by atoms with Crippen molar-refractivity contribution >= 4 is 21.4 Å². The van der Waals surface area contributed by atoms with Crippen molar-refractivity contribution in [1.82, 2.24) is 9.62 Å². The molecular weight excluding hydrogens is 292 g/mol. The summed E-state index contributed by atoms with van der Waals surface area (Å²) in [7, 11) is -0.0194. The first-order valence-corrected chi connectivity index (χ1v) is 8.59. The molecular formula is C14H18N2O2S2. The van der Waals surface area contributed by atoms with Gasteiger partial charge in [-0.15, -0.1) is 11.3 Å². The Morgan fingerprint density at radius 2 is 1.90 bits per heavy atom.